The van der Waals surface area contributed by atoms with Gasteiger partial charge in [-0.3, -0.25) is 20.1 Å². The highest BCUT2D eigenvalue weighted by atomic mass is 16.5. The SMILES string of the molecule is N=C(c1ccc(Oc2ccccc2)cc1)c1c(N)ncnc1NC1CCN(C2CN(C3CN(CC4CNC4)C3)C2)CC1. The summed E-state index contributed by atoms with van der Waals surface area (Å²) in [6.07, 6.45) is 3.57. The summed E-state index contributed by atoms with van der Waals surface area (Å²) in [7, 11) is 0. The van der Waals surface area contributed by atoms with Gasteiger partial charge in [0.15, 0.2) is 0 Å². The summed E-state index contributed by atoms with van der Waals surface area (Å²) in [5.41, 5.74) is 7.89. The third-order valence-electron chi connectivity index (χ3n) is 9.36. The largest absolute Gasteiger partial charge is 0.457 e. The third-order valence-corrected chi connectivity index (χ3v) is 9.36. The van der Waals surface area contributed by atoms with Gasteiger partial charge in [-0.15, -0.1) is 0 Å². The van der Waals surface area contributed by atoms with Crippen LogP contribution < -0.4 is 21.1 Å². The number of ether oxygens (including phenoxy) is 1. The Kier molecular flexibility index (Phi) is 7.77. The molecule has 4 fully saturated rings. The van der Waals surface area contributed by atoms with Gasteiger partial charge in [0, 0.05) is 82.6 Å². The Bertz CT molecular complexity index is 1360. The molecule has 5 N–H and O–H groups in total. The molecule has 4 aliphatic rings. The number of nitrogens with one attached hydrogen (secondary N) is 3. The van der Waals surface area contributed by atoms with Crippen LogP contribution in [0.3, 0.4) is 0 Å². The van der Waals surface area contributed by atoms with Crippen LogP contribution in [0.25, 0.3) is 0 Å². The summed E-state index contributed by atoms with van der Waals surface area (Å²) in [4.78, 5) is 16.7. The Balaban J connectivity index is 0.902. The van der Waals surface area contributed by atoms with Crippen molar-refractivity contribution in [3.05, 3.63) is 72.1 Å². The van der Waals surface area contributed by atoms with Crippen LogP contribution in [0.1, 0.15) is 24.0 Å². The fourth-order valence-corrected chi connectivity index (χ4v) is 6.60. The maximum atomic E-state index is 8.96. The van der Waals surface area contributed by atoms with Gasteiger partial charge in [-0.1, -0.05) is 18.2 Å². The number of nitrogen functional groups attached to an aromatic ring is 1. The summed E-state index contributed by atoms with van der Waals surface area (Å²) in [6.45, 7) is 10.8. The number of piperidine rings is 1. The molecule has 1 aromatic heterocycles. The standard InChI is InChI=1S/C32H41N9O/c33-30(23-6-8-28(9-7-23)42-27-4-2-1-3-5-27)29-31(34)36-21-37-32(29)38-24-10-12-40(13-11-24)26-19-41(20-26)25-17-39(18-25)16-22-14-35-15-22/h1-9,21-22,24-26,33,35H,10-20H2,(H3,34,36,37,38). The number of aromatic nitrogens is 2. The topological polar surface area (TPSA) is 119 Å². The monoisotopic (exact) mass is 567 g/mol. The minimum absolute atomic E-state index is 0.293. The molecule has 0 aliphatic carbocycles. The Hall–Kier alpha value is -3.57. The van der Waals surface area contributed by atoms with E-state index in [0.29, 0.717) is 40.7 Å². The normalized spacial score (nSPS) is 21.3. The lowest BCUT2D eigenvalue weighted by Crippen LogP contribution is -2.70. The van der Waals surface area contributed by atoms with Crippen molar-refractivity contribution in [2.24, 2.45) is 5.92 Å². The molecule has 42 heavy (non-hydrogen) atoms. The highest BCUT2D eigenvalue weighted by molar-refractivity contribution is 6.16. The first-order chi connectivity index (χ1) is 20.6. The van der Waals surface area contributed by atoms with Crippen molar-refractivity contribution in [2.45, 2.75) is 31.0 Å². The van der Waals surface area contributed by atoms with Crippen molar-refractivity contribution in [3.8, 4) is 11.5 Å². The van der Waals surface area contributed by atoms with Crippen LogP contribution in [0.15, 0.2) is 60.9 Å². The number of benzene rings is 2. The van der Waals surface area contributed by atoms with Crippen LogP contribution >= 0.6 is 0 Å². The van der Waals surface area contributed by atoms with Gasteiger partial charge in [-0.25, -0.2) is 9.97 Å². The first-order valence-corrected chi connectivity index (χ1v) is 15.3. The summed E-state index contributed by atoms with van der Waals surface area (Å²) in [5, 5.41) is 15.9. The third kappa shape index (κ3) is 5.85. The first kappa shape index (κ1) is 27.3. The van der Waals surface area contributed by atoms with Gasteiger partial charge in [0.1, 0.15) is 29.5 Å². The molecule has 0 unspecified atom stereocenters. The quantitative estimate of drug-likeness (QED) is 0.274. The summed E-state index contributed by atoms with van der Waals surface area (Å²) in [6, 6.07) is 18.9. The number of likely N-dealkylation sites (tertiary alicyclic amines) is 3. The van der Waals surface area contributed by atoms with Crippen molar-refractivity contribution in [3.63, 3.8) is 0 Å². The molecule has 0 amide bonds. The van der Waals surface area contributed by atoms with Crippen molar-refractivity contribution in [1.82, 2.24) is 30.0 Å². The Morgan fingerprint density at radius 3 is 2.29 bits per heavy atom. The number of anilines is 2. The van der Waals surface area contributed by atoms with E-state index in [1.54, 1.807) is 0 Å². The molecule has 7 rings (SSSR count). The van der Waals surface area contributed by atoms with Gasteiger partial charge >= 0.3 is 0 Å². The molecule has 10 heteroatoms. The Labute approximate surface area is 247 Å². The summed E-state index contributed by atoms with van der Waals surface area (Å²) < 4.78 is 5.91. The van der Waals surface area contributed by atoms with Crippen molar-refractivity contribution < 1.29 is 4.74 Å². The second-order valence-corrected chi connectivity index (χ2v) is 12.3. The number of nitrogens with two attached hydrogens (primary N) is 1. The molecule has 0 atom stereocenters. The van der Waals surface area contributed by atoms with Crippen LogP contribution in [0.5, 0.6) is 11.5 Å². The number of rotatable bonds is 10. The van der Waals surface area contributed by atoms with Crippen molar-refractivity contribution in [2.75, 3.05) is 70.0 Å². The van der Waals surface area contributed by atoms with Crippen molar-refractivity contribution in [1.29, 1.82) is 5.41 Å². The first-order valence-electron chi connectivity index (χ1n) is 15.3. The van der Waals surface area contributed by atoms with Gasteiger partial charge in [0.25, 0.3) is 0 Å². The number of hydrogen-bond donors (Lipinski definition) is 4. The van der Waals surface area contributed by atoms with Gasteiger partial charge < -0.3 is 21.1 Å². The van der Waals surface area contributed by atoms with E-state index < -0.39 is 0 Å². The molecule has 220 valence electrons. The van der Waals surface area contributed by atoms with Gasteiger partial charge in [0.2, 0.25) is 0 Å². The Morgan fingerprint density at radius 2 is 1.60 bits per heavy atom. The fraction of sp³-hybridized carbons (Fsp3) is 0.469. The predicted molar refractivity (Wildman–Crippen MR) is 165 cm³/mol. The molecule has 3 aromatic rings. The molecule has 0 spiro atoms. The van der Waals surface area contributed by atoms with E-state index in [0.717, 1.165) is 49.2 Å². The zero-order valence-corrected chi connectivity index (χ0v) is 24.1. The zero-order chi connectivity index (χ0) is 28.5. The van der Waals surface area contributed by atoms with Gasteiger partial charge in [0.05, 0.1) is 11.3 Å². The number of para-hydroxylation sites is 1. The van der Waals surface area contributed by atoms with Crippen LogP contribution in [-0.4, -0.2) is 107 Å². The molecule has 2 aromatic carbocycles. The van der Waals surface area contributed by atoms with Crippen LogP contribution in [0.4, 0.5) is 11.6 Å². The van der Waals surface area contributed by atoms with Gasteiger partial charge in [-0.2, -0.15) is 0 Å². The predicted octanol–water partition coefficient (Wildman–Crippen LogP) is 2.73. The molecule has 5 heterocycles. The smallest absolute Gasteiger partial charge is 0.141 e. The number of nitrogens with zero attached hydrogens (tertiary/aromatic N) is 5. The van der Waals surface area contributed by atoms with Crippen LogP contribution in [-0.2, 0) is 0 Å². The van der Waals surface area contributed by atoms with E-state index >= 15 is 0 Å². The molecular formula is C32H41N9O. The molecule has 0 bridgehead atoms. The highest BCUT2D eigenvalue weighted by Gasteiger charge is 2.42. The van der Waals surface area contributed by atoms with E-state index in [1.165, 1.54) is 52.1 Å². The molecule has 4 saturated heterocycles. The van der Waals surface area contributed by atoms with Crippen molar-refractivity contribution >= 4 is 17.3 Å². The average Bonchev–Trinajstić information content (AvgIpc) is 2.93. The Morgan fingerprint density at radius 1 is 0.905 bits per heavy atom. The van der Waals surface area contributed by atoms with E-state index in [9.17, 15) is 0 Å². The van der Waals surface area contributed by atoms with E-state index in [1.807, 2.05) is 54.6 Å². The maximum absolute atomic E-state index is 8.96. The van der Waals surface area contributed by atoms with E-state index in [4.69, 9.17) is 15.9 Å². The second kappa shape index (κ2) is 12.0. The lowest BCUT2D eigenvalue weighted by Gasteiger charge is -2.55. The average molecular weight is 568 g/mol. The molecule has 10 nitrogen and oxygen atoms in total. The minimum Gasteiger partial charge on any atom is -0.457 e. The minimum atomic E-state index is 0.293. The lowest BCUT2D eigenvalue weighted by atomic mass is 9.94. The molecular weight excluding hydrogens is 526 g/mol. The van der Waals surface area contributed by atoms with E-state index in [-0.39, 0.29) is 0 Å². The molecule has 4 aliphatic heterocycles. The molecule has 0 saturated carbocycles. The van der Waals surface area contributed by atoms with Gasteiger partial charge in [-0.05, 0) is 55.2 Å². The van der Waals surface area contributed by atoms with E-state index in [2.05, 4.69) is 35.3 Å². The zero-order valence-electron chi connectivity index (χ0n) is 24.1. The highest BCUT2D eigenvalue weighted by Crippen LogP contribution is 2.29. The summed E-state index contributed by atoms with van der Waals surface area (Å²) >= 11 is 0. The maximum Gasteiger partial charge on any atom is 0.141 e. The van der Waals surface area contributed by atoms with Crippen LogP contribution in [0, 0.1) is 11.3 Å². The molecule has 0 radical (unpaired) electrons. The number of hydrogen-bond acceptors (Lipinski definition) is 10. The summed E-state index contributed by atoms with van der Waals surface area (Å²) in [5.74, 6) is 3.31. The lowest BCUT2D eigenvalue weighted by molar-refractivity contribution is -0.0597. The van der Waals surface area contributed by atoms with Crippen LogP contribution in [0.2, 0.25) is 0 Å². The second-order valence-electron chi connectivity index (χ2n) is 12.3. The fourth-order valence-electron chi connectivity index (χ4n) is 6.60.